The molecule has 2 unspecified atom stereocenters. The molecule has 10 heteroatoms. The summed E-state index contributed by atoms with van der Waals surface area (Å²) >= 11 is 0. The zero-order valence-electron chi connectivity index (χ0n) is 46.8. The van der Waals surface area contributed by atoms with Gasteiger partial charge < -0.3 is 20.8 Å². The van der Waals surface area contributed by atoms with Crippen LogP contribution < -0.4 is 10.6 Å². The van der Waals surface area contributed by atoms with Crippen LogP contribution in [0.2, 0.25) is 39.3 Å². The molecule has 1 saturated carbocycles. The van der Waals surface area contributed by atoms with E-state index in [2.05, 4.69) is 96.5 Å². The molecular formula is C72H62N2O6Si2. The Labute approximate surface area is 483 Å². The summed E-state index contributed by atoms with van der Waals surface area (Å²) in [4.78, 5) is 52.9. The molecule has 0 aliphatic heterocycles. The van der Waals surface area contributed by atoms with Crippen LogP contribution in [0.25, 0.3) is 44.5 Å². The molecule has 8 aromatic rings. The van der Waals surface area contributed by atoms with Crippen molar-refractivity contribution in [1.29, 1.82) is 0 Å². The van der Waals surface area contributed by atoms with Crippen molar-refractivity contribution >= 4 is 51.3 Å². The van der Waals surface area contributed by atoms with Gasteiger partial charge in [-0.05, 0) is 154 Å². The van der Waals surface area contributed by atoms with Crippen molar-refractivity contribution in [2.45, 2.75) is 65.0 Å². The molecular weight excluding hydrogens is 1040 g/mol. The molecule has 0 bridgehead atoms. The fourth-order valence-electron chi connectivity index (χ4n) is 9.77. The third-order valence-electron chi connectivity index (χ3n) is 14.0. The molecule has 1 aliphatic carbocycles. The molecule has 2 atom stereocenters. The summed E-state index contributed by atoms with van der Waals surface area (Å²) in [5.41, 5.74) is 18.9. The Morgan fingerprint density at radius 3 is 0.854 bits per heavy atom. The van der Waals surface area contributed by atoms with Crippen molar-refractivity contribution in [2.75, 3.05) is 10.6 Å². The SMILES string of the molecule is C[Si](C)(C)C#Cc1ccc(-c2cccc(-c3ccc(C#Cc4ccc(NC(=O)C5CCCCC5C(=O)Nc5ccc(C#Cc6ccc(-c7cccc(-c8ccc(C#C[Si](C)(C)C)cc8)c7C(=O)O)cc6)cc5)cc4)cc3)c2C(=O)O)cc1. The van der Waals surface area contributed by atoms with Crippen LogP contribution in [0.4, 0.5) is 11.4 Å². The van der Waals surface area contributed by atoms with Crippen LogP contribution in [0.15, 0.2) is 182 Å². The molecule has 0 saturated heterocycles. The van der Waals surface area contributed by atoms with Crippen LogP contribution in [0.3, 0.4) is 0 Å². The maximum atomic E-state index is 13.8. The van der Waals surface area contributed by atoms with Gasteiger partial charge in [0.05, 0.1) is 11.1 Å². The van der Waals surface area contributed by atoms with E-state index in [-0.39, 0.29) is 22.9 Å². The molecule has 0 aromatic heterocycles. The number of rotatable bonds is 10. The van der Waals surface area contributed by atoms with Gasteiger partial charge in [0.25, 0.3) is 0 Å². The first-order valence-corrected chi connectivity index (χ1v) is 34.4. The van der Waals surface area contributed by atoms with Crippen molar-refractivity contribution in [2.24, 2.45) is 11.8 Å². The van der Waals surface area contributed by atoms with Gasteiger partial charge in [0, 0.05) is 56.6 Å². The number of hydrogen-bond donors (Lipinski definition) is 4. The van der Waals surface area contributed by atoms with E-state index in [1.54, 1.807) is 24.3 Å². The van der Waals surface area contributed by atoms with E-state index in [0.29, 0.717) is 46.5 Å². The molecule has 404 valence electrons. The average molecular weight is 1110 g/mol. The van der Waals surface area contributed by atoms with Gasteiger partial charge in [0.1, 0.15) is 16.1 Å². The van der Waals surface area contributed by atoms with Crippen LogP contribution in [-0.4, -0.2) is 50.1 Å². The molecule has 1 aliphatic rings. The van der Waals surface area contributed by atoms with Crippen molar-refractivity contribution in [1.82, 2.24) is 0 Å². The van der Waals surface area contributed by atoms with E-state index in [9.17, 15) is 29.4 Å². The molecule has 8 aromatic carbocycles. The number of aromatic carboxylic acids is 2. The molecule has 0 heterocycles. The molecule has 9 rings (SSSR count). The minimum Gasteiger partial charge on any atom is -0.478 e. The maximum Gasteiger partial charge on any atom is 0.336 e. The number of carboxylic acid groups (broad SMARTS) is 2. The minimum absolute atomic E-state index is 0.199. The predicted octanol–water partition coefficient (Wildman–Crippen LogP) is 15.4. The van der Waals surface area contributed by atoms with E-state index in [1.165, 1.54) is 0 Å². The topological polar surface area (TPSA) is 133 Å². The van der Waals surface area contributed by atoms with Crippen LogP contribution in [0, 0.1) is 58.4 Å². The zero-order valence-corrected chi connectivity index (χ0v) is 48.8. The Kier molecular flexibility index (Phi) is 17.5. The van der Waals surface area contributed by atoms with Crippen LogP contribution in [0.1, 0.15) is 79.8 Å². The van der Waals surface area contributed by atoms with Crippen molar-refractivity contribution < 1.29 is 29.4 Å². The van der Waals surface area contributed by atoms with Crippen LogP contribution in [-0.2, 0) is 9.59 Å². The summed E-state index contributed by atoms with van der Waals surface area (Å²) in [6.07, 6.45) is 2.91. The van der Waals surface area contributed by atoms with E-state index in [0.717, 1.165) is 68.5 Å². The maximum absolute atomic E-state index is 13.8. The average Bonchev–Trinajstić information content (AvgIpc) is 3.68. The van der Waals surface area contributed by atoms with Gasteiger partial charge in [0.15, 0.2) is 0 Å². The lowest BCUT2D eigenvalue weighted by molar-refractivity contribution is -0.130. The zero-order chi connectivity index (χ0) is 58.0. The van der Waals surface area contributed by atoms with Crippen molar-refractivity contribution in [3.8, 4) is 91.1 Å². The van der Waals surface area contributed by atoms with Gasteiger partial charge in [0.2, 0.25) is 11.8 Å². The number of hydrogen-bond acceptors (Lipinski definition) is 4. The quantitative estimate of drug-likeness (QED) is 0.0796. The first-order valence-electron chi connectivity index (χ1n) is 27.4. The first-order chi connectivity index (χ1) is 39.3. The minimum atomic E-state index is -1.54. The van der Waals surface area contributed by atoms with Gasteiger partial charge in [-0.15, -0.1) is 11.1 Å². The molecule has 2 amide bonds. The second kappa shape index (κ2) is 25.2. The summed E-state index contributed by atoms with van der Waals surface area (Å²) in [6, 6.07) is 56.1. The molecule has 4 N–H and O–H groups in total. The summed E-state index contributed by atoms with van der Waals surface area (Å²) in [5.74, 6) is 15.9. The highest BCUT2D eigenvalue weighted by molar-refractivity contribution is 6.84. The largest absolute Gasteiger partial charge is 0.478 e. The number of amides is 2. The summed E-state index contributed by atoms with van der Waals surface area (Å²) < 4.78 is 0. The number of benzene rings is 8. The van der Waals surface area contributed by atoms with Crippen molar-refractivity contribution in [3.63, 3.8) is 0 Å². The van der Waals surface area contributed by atoms with E-state index >= 15 is 0 Å². The third kappa shape index (κ3) is 14.8. The van der Waals surface area contributed by atoms with Gasteiger partial charge in [-0.25, -0.2) is 9.59 Å². The van der Waals surface area contributed by atoms with Crippen LogP contribution >= 0.6 is 0 Å². The third-order valence-corrected chi connectivity index (χ3v) is 15.7. The highest BCUT2D eigenvalue weighted by Gasteiger charge is 2.36. The number of anilines is 2. The second-order valence-corrected chi connectivity index (χ2v) is 32.0. The normalized spacial score (nSPS) is 13.7. The van der Waals surface area contributed by atoms with Gasteiger partial charge in [-0.3, -0.25) is 9.59 Å². The van der Waals surface area contributed by atoms with E-state index in [4.69, 9.17) is 0 Å². The molecule has 8 nitrogen and oxygen atoms in total. The number of carbonyl (C=O) groups excluding carboxylic acids is 2. The molecule has 0 radical (unpaired) electrons. The van der Waals surface area contributed by atoms with Gasteiger partial charge in [-0.2, -0.15) is 0 Å². The summed E-state index contributed by atoms with van der Waals surface area (Å²) in [7, 11) is -3.07. The standard InChI is InChI=1S/C72H62N2O6Si2/c1-81(2,3)47-45-53-25-37-57(38-26-53)63-15-9-13-61(67(63)71(77)78)55-33-21-49(22-34-55)17-19-51-29-41-59(42-30-51)73-69(75)65-11-7-8-12-66(65)70(76)74-60-43-31-52(32-44-60)20-18-50-23-35-56(36-24-50)62-14-10-16-64(68(62)72(79)80)58-39-27-54(28-40-58)46-48-82(4,5)6/h9-10,13-16,21-44,65-66H,7-8,11-12H2,1-6H3,(H,73,75)(H,74,76)(H,77,78)(H,79,80). The van der Waals surface area contributed by atoms with E-state index < -0.39 is 39.9 Å². The van der Waals surface area contributed by atoms with Gasteiger partial charge >= 0.3 is 11.9 Å². The van der Waals surface area contributed by atoms with Crippen molar-refractivity contribution in [3.05, 3.63) is 226 Å². The van der Waals surface area contributed by atoms with Gasteiger partial charge in [-0.1, -0.05) is 173 Å². The lowest BCUT2D eigenvalue weighted by atomic mass is 9.78. The Morgan fingerprint density at radius 2 is 0.610 bits per heavy atom. The van der Waals surface area contributed by atoms with Crippen LogP contribution in [0.5, 0.6) is 0 Å². The monoisotopic (exact) mass is 1110 g/mol. The predicted molar refractivity (Wildman–Crippen MR) is 337 cm³/mol. The number of nitrogens with one attached hydrogen (secondary N) is 2. The molecule has 82 heavy (non-hydrogen) atoms. The first kappa shape index (κ1) is 57.0. The highest BCUT2D eigenvalue weighted by atomic mass is 28.3. The Hall–Kier alpha value is -9.69. The second-order valence-electron chi connectivity index (χ2n) is 22.5. The Bertz CT molecular complexity index is 3710. The lowest BCUT2D eigenvalue weighted by Crippen LogP contribution is -2.38. The lowest BCUT2D eigenvalue weighted by Gasteiger charge is -2.29. The fourth-order valence-corrected chi connectivity index (χ4v) is 10.8. The van der Waals surface area contributed by atoms with E-state index in [1.807, 2.05) is 158 Å². The number of carbonyl (C=O) groups is 4. The molecule has 0 spiro atoms. The summed E-state index contributed by atoms with van der Waals surface area (Å²) in [5, 5.41) is 26.9. The highest BCUT2D eigenvalue weighted by Crippen LogP contribution is 2.36. The Morgan fingerprint density at radius 1 is 0.366 bits per heavy atom. The molecule has 1 fully saturated rings. The summed E-state index contributed by atoms with van der Waals surface area (Å²) in [6.45, 7) is 13.2. The smallest absolute Gasteiger partial charge is 0.336 e. The number of carboxylic acids is 2. The Balaban J connectivity index is 0.788. The fraction of sp³-hybridized carbons (Fsp3) is 0.167.